The smallest absolute Gasteiger partial charge is 0.322 e. The molecule has 208 valence electrons. The van der Waals surface area contributed by atoms with Crippen LogP contribution in [0.2, 0.25) is 5.02 Å². The van der Waals surface area contributed by atoms with Crippen LogP contribution in [0.1, 0.15) is 22.6 Å². The average Bonchev–Trinajstić information content (AvgIpc) is 3.28. The first-order valence-electron chi connectivity index (χ1n) is 12.0. The third kappa shape index (κ3) is 6.41. The van der Waals surface area contributed by atoms with E-state index >= 15 is 0 Å². The lowest BCUT2D eigenvalue weighted by Gasteiger charge is -2.35. The fourth-order valence-electron chi connectivity index (χ4n) is 5.16. The lowest BCUT2D eigenvalue weighted by molar-refractivity contribution is -0.140. The van der Waals surface area contributed by atoms with Gasteiger partial charge in [0.25, 0.3) is 0 Å². The summed E-state index contributed by atoms with van der Waals surface area (Å²) >= 11 is 6.23. The SMILES string of the molecule is CN(Cc1ccc(C(F)(F)F)c(F)c1)[C@@H]1CN(C(=O)N2CCN(S(C)(=O)=O)CC2)C[C@@H]1c1cccc(Cl)c1. The average molecular weight is 577 g/mol. The van der Waals surface area contributed by atoms with E-state index in [-0.39, 0.29) is 50.7 Å². The predicted molar refractivity (Wildman–Crippen MR) is 136 cm³/mol. The number of halogens is 5. The summed E-state index contributed by atoms with van der Waals surface area (Å²) in [6.45, 7) is 1.87. The van der Waals surface area contributed by atoms with Gasteiger partial charge in [-0.25, -0.2) is 17.6 Å². The first-order valence-corrected chi connectivity index (χ1v) is 14.3. The summed E-state index contributed by atoms with van der Waals surface area (Å²) in [5.74, 6) is -1.48. The van der Waals surface area contributed by atoms with Gasteiger partial charge >= 0.3 is 12.2 Å². The number of likely N-dealkylation sites (N-methyl/N-ethyl adjacent to an activating group) is 1. The molecule has 2 fully saturated rings. The molecule has 0 unspecified atom stereocenters. The van der Waals surface area contributed by atoms with Gasteiger partial charge in [-0.15, -0.1) is 0 Å². The van der Waals surface area contributed by atoms with Gasteiger partial charge in [0, 0.05) is 62.8 Å². The molecule has 13 heteroatoms. The van der Waals surface area contributed by atoms with E-state index in [1.165, 1.54) is 10.4 Å². The number of hydrogen-bond donors (Lipinski definition) is 0. The molecule has 2 amide bonds. The highest BCUT2D eigenvalue weighted by molar-refractivity contribution is 7.88. The minimum atomic E-state index is -4.77. The van der Waals surface area contributed by atoms with Crippen LogP contribution in [0, 0.1) is 5.82 Å². The highest BCUT2D eigenvalue weighted by Gasteiger charge is 2.41. The zero-order valence-corrected chi connectivity index (χ0v) is 22.5. The third-order valence-electron chi connectivity index (χ3n) is 7.15. The van der Waals surface area contributed by atoms with E-state index in [1.54, 1.807) is 22.9 Å². The van der Waals surface area contributed by atoms with Crippen LogP contribution in [0.25, 0.3) is 0 Å². The van der Waals surface area contributed by atoms with Gasteiger partial charge in [-0.05, 0) is 42.4 Å². The molecule has 2 heterocycles. The molecular weight excluding hydrogens is 548 g/mol. The molecule has 0 N–H and O–H groups in total. The summed E-state index contributed by atoms with van der Waals surface area (Å²) in [4.78, 5) is 18.6. The number of amides is 2. The minimum absolute atomic E-state index is 0.153. The summed E-state index contributed by atoms with van der Waals surface area (Å²) in [7, 11) is -1.54. The monoisotopic (exact) mass is 576 g/mol. The highest BCUT2D eigenvalue weighted by atomic mass is 35.5. The van der Waals surface area contributed by atoms with Crippen LogP contribution >= 0.6 is 11.6 Å². The number of rotatable bonds is 5. The summed E-state index contributed by atoms with van der Waals surface area (Å²) in [6, 6.07) is 9.76. The predicted octanol–water partition coefficient (Wildman–Crippen LogP) is 4.09. The van der Waals surface area contributed by atoms with Gasteiger partial charge in [0.2, 0.25) is 10.0 Å². The van der Waals surface area contributed by atoms with Crippen molar-refractivity contribution >= 4 is 27.7 Å². The normalized spacial score (nSPS) is 21.4. The number of likely N-dealkylation sites (tertiary alicyclic amines) is 1. The molecular formula is C25H29ClF4N4O3S. The Kier molecular flexibility index (Phi) is 8.27. The Morgan fingerprint density at radius 3 is 2.32 bits per heavy atom. The quantitative estimate of drug-likeness (QED) is 0.503. The Hall–Kier alpha value is -2.41. The Morgan fingerprint density at radius 1 is 1.05 bits per heavy atom. The van der Waals surface area contributed by atoms with Crippen LogP contribution in [0.3, 0.4) is 0 Å². The molecule has 2 saturated heterocycles. The zero-order chi connectivity index (χ0) is 27.8. The van der Waals surface area contributed by atoms with Crippen molar-refractivity contribution in [2.45, 2.75) is 24.7 Å². The number of urea groups is 1. The van der Waals surface area contributed by atoms with Crippen molar-refractivity contribution < 1.29 is 30.8 Å². The molecule has 2 aromatic rings. The summed E-state index contributed by atoms with van der Waals surface area (Å²) in [5, 5.41) is 0.537. The number of sulfonamides is 1. The molecule has 0 aromatic heterocycles. The zero-order valence-electron chi connectivity index (χ0n) is 21.0. The van der Waals surface area contributed by atoms with Crippen molar-refractivity contribution in [1.29, 1.82) is 0 Å². The van der Waals surface area contributed by atoms with Gasteiger partial charge in [-0.3, -0.25) is 4.90 Å². The Bertz CT molecular complexity index is 1290. The topological polar surface area (TPSA) is 64.2 Å². The van der Waals surface area contributed by atoms with Crippen LogP contribution in [0.5, 0.6) is 0 Å². The number of alkyl halides is 3. The number of piperazine rings is 1. The second kappa shape index (κ2) is 11.0. The largest absolute Gasteiger partial charge is 0.419 e. The van der Waals surface area contributed by atoms with Gasteiger partial charge in [-0.1, -0.05) is 29.8 Å². The van der Waals surface area contributed by atoms with Crippen LogP contribution in [-0.2, 0) is 22.7 Å². The number of benzene rings is 2. The number of carbonyl (C=O) groups excluding carboxylic acids is 1. The maximum atomic E-state index is 14.2. The summed E-state index contributed by atoms with van der Waals surface area (Å²) in [6.07, 6.45) is -3.63. The molecule has 0 spiro atoms. The lowest BCUT2D eigenvalue weighted by Crippen LogP contribution is -2.53. The number of hydrogen-bond acceptors (Lipinski definition) is 4. The standard InChI is InChI=1S/C25H29ClF4N4O3S/c1-31(14-17-6-7-21(22(27)12-17)25(28,29)30)23-16-33(15-20(23)18-4-3-5-19(26)13-18)24(35)32-8-10-34(11-9-32)38(2,36)37/h3-7,12-13,20,23H,8-11,14-16H2,1-2H3/t20-,23-/m1/s1. The number of carbonyl (C=O) groups is 1. The van der Waals surface area contributed by atoms with Gasteiger partial charge in [0.05, 0.1) is 11.8 Å². The molecule has 0 saturated carbocycles. The van der Waals surface area contributed by atoms with Crippen LogP contribution < -0.4 is 0 Å². The fourth-order valence-corrected chi connectivity index (χ4v) is 6.18. The number of nitrogens with zero attached hydrogens (tertiary/aromatic N) is 4. The van der Waals surface area contributed by atoms with E-state index in [9.17, 15) is 30.8 Å². The van der Waals surface area contributed by atoms with E-state index in [2.05, 4.69) is 0 Å². The highest BCUT2D eigenvalue weighted by Crippen LogP contribution is 2.35. The van der Waals surface area contributed by atoms with Crippen molar-refractivity contribution in [2.75, 3.05) is 52.6 Å². The van der Waals surface area contributed by atoms with Crippen molar-refractivity contribution in [3.05, 3.63) is 70.0 Å². The minimum Gasteiger partial charge on any atom is -0.322 e. The summed E-state index contributed by atoms with van der Waals surface area (Å²) < 4.78 is 78.1. The van der Waals surface area contributed by atoms with E-state index < -0.39 is 27.6 Å². The van der Waals surface area contributed by atoms with E-state index in [1.807, 2.05) is 23.1 Å². The third-order valence-corrected chi connectivity index (χ3v) is 8.69. The Labute approximate surface area is 224 Å². The van der Waals surface area contributed by atoms with Crippen LogP contribution in [0.15, 0.2) is 42.5 Å². The molecule has 2 aliphatic heterocycles. The first kappa shape index (κ1) is 28.6. The van der Waals surface area contributed by atoms with Gasteiger partial charge in [0.15, 0.2) is 0 Å². The second-order valence-corrected chi connectivity index (χ2v) is 12.2. The van der Waals surface area contributed by atoms with Crippen molar-refractivity contribution in [3.8, 4) is 0 Å². The molecule has 2 aliphatic rings. The molecule has 2 atom stereocenters. The van der Waals surface area contributed by atoms with Gasteiger partial charge in [-0.2, -0.15) is 17.5 Å². The van der Waals surface area contributed by atoms with Crippen LogP contribution in [0.4, 0.5) is 22.4 Å². The van der Waals surface area contributed by atoms with Gasteiger partial charge in [0.1, 0.15) is 5.82 Å². The Morgan fingerprint density at radius 2 is 1.74 bits per heavy atom. The molecule has 4 rings (SSSR count). The van der Waals surface area contributed by atoms with Crippen molar-refractivity contribution in [2.24, 2.45) is 0 Å². The second-order valence-electron chi connectivity index (χ2n) is 9.79. The molecule has 38 heavy (non-hydrogen) atoms. The molecule has 0 radical (unpaired) electrons. The van der Waals surface area contributed by atoms with E-state index in [4.69, 9.17) is 11.6 Å². The maximum Gasteiger partial charge on any atom is 0.419 e. The molecule has 0 aliphatic carbocycles. The van der Waals surface area contributed by atoms with E-state index in [0.29, 0.717) is 23.7 Å². The Balaban J connectivity index is 1.52. The van der Waals surface area contributed by atoms with Crippen LogP contribution in [-0.4, -0.2) is 92.1 Å². The molecule has 2 aromatic carbocycles. The summed E-state index contributed by atoms with van der Waals surface area (Å²) in [5.41, 5.74) is -0.0241. The van der Waals surface area contributed by atoms with Crippen molar-refractivity contribution in [3.63, 3.8) is 0 Å². The first-order chi connectivity index (χ1) is 17.7. The van der Waals surface area contributed by atoms with Crippen molar-refractivity contribution in [1.82, 2.24) is 19.0 Å². The van der Waals surface area contributed by atoms with E-state index in [0.717, 1.165) is 24.0 Å². The maximum absolute atomic E-state index is 14.2. The molecule has 7 nitrogen and oxygen atoms in total. The fraction of sp³-hybridized carbons (Fsp3) is 0.480. The molecule has 0 bridgehead atoms. The lowest BCUT2D eigenvalue weighted by atomic mass is 9.93. The van der Waals surface area contributed by atoms with Gasteiger partial charge < -0.3 is 9.80 Å².